The van der Waals surface area contributed by atoms with Gasteiger partial charge < -0.3 is 5.32 Å². The lowest BCUT2D eigenvalue weighted by molar-refractivity contribution is 0.0963. The molecule has 4 nitrogen and oxygen atoms in total. The summed E-state index contributed by atoms with van der Waals surface area (Å²) in [5, 5.41) is 6.98. The highest BCUT2D eigenvalue weighted by Crippen LogP contribution is 2.20. The molecule has 5 heteroatoms. The molecule has 1 N–H and O–H groups in total. The Morgan fingerprint density at radius 1 is 1.39 bits per heavy atom. The number of amides is 1. The highest BCUT2D eigenvalue weighted by Gasteiger charge is 2.15. The molecule has 0 atom stereocenters. The van der Waals surface area contributed by atoms with Crippen LogP contribution >= 0.6 is 11.6 Å². The first-order valence-electron chi connectivity index (χ1n) is 5.72. The van der Waals surface area contributed by atoms with E-state index in [-0.39, 0.29) is 5.91 Å². The van der Waals surface area contributed by atoms with Gasteiger partial charge >= 0.3 is 0 Å². The molecule has 0 aliphatic rings. The maximum absolute atomic E-state index is 11.5. The van der Waals surface area contributed by atoms with E-state index in [0.717, 1.165) is 12.1 Å². The Kier molecular flexibility index (Phi) is 3.67. The van der Waals surface area contributed by atoms with Gasteiger partial charge in [-0.15, -0.1) is 0 Å². The topological polar surface area (TPSA) is 46.9 Å². The maximum atomic E-state index is 11.5. The van der Waals surface area contributed by atoms with E-state index in [9.17, 15) is 4.79 Å². The van der Waals surface area contributed by atoms with Crippen molar-refractivity contribution in [1.82, 2.24) is 15.1 Å². The molecular formula is C13H14ClN3O. The summed E-state index contributed by atoms with van der Waals surface area (Å²) in [6.07, 6.45) is 2.45. The predicted molar refractivity (Wildman–Crippen MR) is 71.3 cm³/mol. The third kappa shape index (κ3) is 2.24. The Morgan fingerprint density at radius 2 is 2.06 bits per heavy atom. The minimum absolute atomic E-state index is 0.239. The number of carbonyl (C=O) groups excluding carboxylic acids is 1. The normalized spacial score (nSPS) is 10.4. The molecule has 18 heavy (non-hydrogen) atoms. The maximum Gasteiger partial charge on any atom is 0.255 e. The van der Waals surface area contributed by atoms with Crippen molar-refractivity contribution in [2.24, 2.45) is 0 Å². The molecule has 0 spiro atoms. The fourth-order valence-electron chi connectivity index (χ4n) is 1.67. The Bertz CT molecular complexity index is 560. The minimum atomic E-state index is -0.239. The van der Waals surface area contributed by atoms with Crippen LogP contribution in [0.1, 0.15) is 22.8 Å². The Balaban J connectivity index is 2.39. The van der Waals surface area contributed by atoms with Crippen molar-refractivity contribution in [3.63, 3.8) is 0 Å². The van der Waals surface area contributed by atoms with E-state index < -0.39 is 0 Å². The molecule has 0 bridgehead atoms. The molecule has 94 valence electrons. The van der Waals surface area contributed by atoms with Crippen molar-refractivity contribution in [3.05, 3.63) is 46.7 Å². The summed E-state index contributed by atoms with van der Waals surface area (Å²) >= 11 is 6.15. The molecule has 1 aromatic carbocycles. The minimum Gasteiger partial charge on any atom is -0.355 e. The van der Waals surface area contributed by atoms with E-state index in [2.05, 4.69) is 17.3 Å². The van der Waals surface area contributed by atoms with Gasteiger partial charge in [0.05, 0.1) is 17.4 Å². The molecule has 1 amide bonds. The van der Waals surface area contributed by atoms with Gasteiger partial charge in [0.1, 0.15) is 5.15 Å². The summed E-state index contributed by atoms with van der Waals surface area (Å²) in [5.41, 5.74) is 2.46. The van der Waals surface area contributed by atoms with E-state index in [0.29, 0.717) is 10.7 Å². The van der Waals surface area contributed by atoms with Crippen LogP contribution in [0.15, 0.2) is 30.5 Å². The van der Waals surface area contributed by atoms with Crippen LogP contribution in [0.25, 0.3) is 5.69 Å². The van der Waals surface area contributed by atoms with Crippen molar-refractivity contribution in [2.75, 3.05) is 7.05 Å². The van der Waals surface area contributed by atoms with Crippen LogP contribution in [0.3, 0.4) is 0 Å². The van der Waals surface area contributed by atoms with Gasteiger partial charge in [0.2, 0.25) is 0 Å². The van der Waals surface area contributed by atoms with Crippen LogP contribution in [0.2, 0.25) is 5.15 Å². The average Bonchev–Trinajstić information content (AvgIpc) is 2.80. The molecule has 1 aromatic heterocycles. The number of halogens is 1. The van der Waals surface area contributed by atoms with Gasteiger partial charge in [-0.25, -0.2) is 4.68 Å². The van der Waals surface area contributed by atoms with Crippen LogP contribution in [-0.4, -0.2) is 22.7 Å². The van der Waals surface area contributed by atoms with Crippen molar-refractivity contribution >= 4 is 17.5 Å². The number of nitrogens with zero attached hydrogens (tertiary/aromatic N) is 2. The molecule has 0 saturated carbocycles. The molecular weight excluding hydrogens is 250 g/mol. The lowest BCUT2D eigenvalue weighted by Crippen LogP contribution is -2.17. The number of hydrogen-bond acceptors (Lipinski definition) is 2. The quantitative estimate of drug-likeness (QED) is 0.925. The van der Waals surface area contributed by atoms with Crippen molar-refractivity contribution < 1.29 is 4.79 Å². The molecule has 2 aromatic rings. The van der Waals surface area contributed by atoms with Crippen LogP contribution in [-0.2, 0) is 6.42 Å². The van der Waals surface area contributed by atoms with E-state index in [1.807, 2.05) is 24.3 Å². The zero-order valence-corrected chi connectivity index (χ0v) is 11.0. The highest BCUT2D eigenvalue weighted by molar-refractivity contribution is 6.33. The van der Waals surface area contributed by atoms with Gasteiger partial charge in [-0.2, -0.15) is 5.10 Å². The van der Waals surface area contributed by atoms with Crippen LogP contribution in [0.5, 0.6) is 0 Å². The smallest absolute Gasteiger partial charge is 0.255 e. The third-order valence-electron chi connectivity index (χ3n) is 2.77. The SMILES string of the molecule is CCc1ccc(-n2ncc(C(=O)NC)c2Cl)cc1. The molecule has 0 aliphatic carbocycles. The monoisotopic (exact) mass is 263 g/mol. The first kappa shape index (κ1) is 12.6. The molecule has 0 aliphatic heterocycles. The van der Waals surface area contributed by atoms with Gasteiger partial charge in [0, 0.05) is 7.05 Å². The summed E-state index contributed by atoms with van der Waals surface area (Å²) in [6, 6.07) is 7.91. The van der Waals surface area contributed by atoms with Crippen LogP contribution in [0, 0.1) is 0 Å². The summed E-state index contributed by atoms with van der Waals surface area (Å²) in [6.45, 7) is 2.10. The second-order valence-corrected chi connectivity index (χ2v) is 4.22. The van der Waals surface area contributed by atoms with Gasteiger partial charge in [-0.1, -0.05) is 30.7 Å². The van der Waals surface area contributed by atoms with Gasteiger partial charge in [0.15, 0.2) is 0 Å². The highest BCUT2D eigenvalue weighted by atomic mass is 35.5. The Morgan fingerprint density at radius 3 is 2.61 bits per heavy atom. The van der Waals surface area contributed by atoms with Gasteiger partial charge in [-0.05, 0) is 24.1 Å². The lowest BCUT2D eigenvalue weighted by atomic mass is 10.1. The number of rotatable bonds is 3. The number of benzene rings is 1. The molecule has 0 unspecified atom stereocenters. The standard InChI is InChI=1S/C13H14ClN3O/c1-3-9-4-6-10(7-5-9)17-12(14)11(8-16-17)13(18)15-2/h4-8H,3H2,1-2H3,(H,15,18). The molecule has 2 rings (SSSR count). The number of aryl methyl sites for hydroxylation is 1. The largest absolute Gasteiger partial charge is 0.355 e. The van der Waals surface area contributed by atoms with E-state index in [1.54, 1.807) is 11.7 Å². The van der Waals surface area contributed by atoms with Crippen molar-refractivity contribution in [3.8, 4) is 5.69 Å². The summed E-state index contributed by atoms with van der Waals surface area (Å²) in [7, 11) is 1.56. The Labute approximate surface area is 111 Å². The summed E-state index contributed by atoms with van der Waals surface area (Å²) < 4.78 is 1.55. The van der Waals surface area contributed by atoms with Crippen LogP contribution < -0.4 is 5.32 Å². The number of carbonyl (C=O) groups is 1. The van der Waals surface area contributed by atoms with E-state index in [4.69, 9.17) is 11.6 Å². The first-order valence-corrected chi connectivity index (χ1v) is 6.10. The molecule has 0 saturated heterocycles. The van der Waals surface area contributed by atoms with Crippen molar-refractivity contribution in [2.45, 2.75) is 13.3 Å². The number of aromatic nitrogens is 2. The summed E-state index contributed by atoms with van der Waals surface area (Å²) in [4.78, 5) is 11.5. The first-order chi connectivity index (χ1) is 8.67. The lowest BCUT2D eigenvalue weighted by Gasteiger charge is -2.04. The number of hydrogen-bond donors (Lipinski definition) is 1. The number of nitrogens with one attached hydrogen (secondary N) is 1. The molecule has 1 heterocycles. The second kappa shape index (κ2) is 5.23. The second-order valence-electron chi connectivity index (χ2n) is 3.86. The van der Waals surface area contributed by atoms with Crippen molar-refractivity contribution in [1.29, 1.82) is 0 Å². The van der Waals surface area contributed by atoms with Gasteiger partial charge in [0.25, 0.3) is 5.91 Å². The Hall–Kier alpha value is -1.81. The average molecular weight is 264 g/mol. The third-order valence-corrected chi connectivity index (χ3v) is 3.14. The predicted octanol–water partition coefficient (Wildman–Crippen LogP) is 2.45. The van der Waals surface area contributed by atoms with Crippen LogP contribution in [0.4, 0.5) is 0 Å². The zero-order chi connectivity index (χ0) is 13.1. The van der Waals surface area contributed by atoms with E-state index >= 15 is 0 Å². The van der Waals surface area contributed by atoms with Gasteiger partial charge in [-0.3, -0.25) is 4.79 Å². The fourth-order valence-corrected chi connectivity index (χ4v) is 1.95. The molecule has 0 radical (unpaired) electrons. The van der Waals surface area contributed by atoms with E-state index in [1.165, 1.54) is 11.8 Å². The zero-order valence-electron chi connectivity index (χ0n) is 10.3. The summed E-state index contributed by atoms with van der Waals surface area (Å²) in [5.74, 6) is -0.239. The molecule has 0 fully saturated rings. The fraction of sp³-hybridized carbons (Fsp3) is 0.231.